The number of amides is 1. The fourth-order valence-electron chi connectivity index (χ4n) is 0.761. The number of carbonyl (C=O) groups is 1. The Bertz CT molecular complexity index is 288. The lowest BCUT2D eigenvalue weighted by molar-refractivity contribution is -0.105. The lowest BCUT2D eigenvalue weighted by Crippen LogP contribution is -2.02. The molecule has 0 radical (unpaired) electrons. The van der Waals surface area contributed by atoms with Crippen LogP contribution in [0.15, 0.2) is 6.07 Å². The van der Waals surface area contributed by atoms with Crippen molar-refractivity contribution in [3.63, 3.8) is 0 Å². The Hall–Kier alpha value is -1.65. The second kappa shape index (κ2) is 3.66. The molecule has 5 nitrogen and oxygen atoms in total. The third-order valence-electron chi connectivity index (χ3n) is 1.23. The van der Waals surface area contributed by atoms with Gasteiger partial charge in [-0.2, -0.15) is 4.98 Å². The van der Waals surface area contributed by atoms with Crippen molar-refractivity contribution in [1.29, 1.82) is 0 Å². The average molecular weight is 167 g/mol. The third kappa shape index (κ3) is 1.91. The third-order valence-corrected chi connectivity index (χ3v) is 1.23. The Kier molecular flexibility index (Phi) is 2.57. The van der Waals surface area contributed by atoms with Crippen molar-refractivity contribution in [1.82, 2.24) is 9.97 Å². The van der Waals surface area contributed by atoms with Gasteiger partial charge in [0.1, 0.15) is 0 Å². The standard InChI is InChI=1S/C7H9N3O2/c1-5-3-6(12-2)10-7(9-5)8-4-11/h3-4H,1-2H3,(H,8,9,10,11). The van der Waals surface area contributed by atoms with Gasteiger partial charge in [0, 0.05) is 11.8 Å². The lowest BCUT2D eigenvalue weighted by Gasteiger charge is -2.02. The van der Waals surface area contributed by atoms with Gasteiger partial charge in [-0.15, -0.1) is 0 Å². The van der Waals surface area contributed by atoms with Crippen LogP contribution in [-0.2, 0) is 4.79 Å². The molecule has 12 heavy (non-hydrogen) atoms. The van der Waals surface area contributed by atoms with Crippen LogP contribution in [-0.4, -0.2) is 23.5 Å². The van der Waals surface area contributed by atoms with Crippen molar-refractivity contribution in [3.05, 3.63) is 11.8 Å². The van der Waals surface area contributed by atoms with Crippen molar-refractivity contribution in [2.24, 2.45) is 0 Å². The number of nitrogens with one attached hydrogen (secondary N) is 1. The highest BCUT2D eigenvalue weighted by Gasteiger charge is 1.99. The molecule has 0 aliphatic heterocycles. The Labute approximate surface area is 69.8 Å². The highest BCUT2D eigenvalue weighted by molar-refractivity contribution is 5.66. The molecule has 1 amide bonds. The van der Waals surface area contributed by atoms with Gasteiger partial charge in [-0.25, -0.2) is 4.98 Å². The van der Waals surface area contributed by atoms with Crippen LogP contribution in [0.2, 0.25) is 0 Å². The number of methoxy groups -OCH3 is 1. The zero-order chi connectivity index (χ0) is 8.97. The zero-order valence-electron chi connectivity index (χ0n) is 6.87. The number of nitrogens with zero attached hydrogens (tertiary/aromatic N) is 2. The SMILES string of the molecule is COc1cc(C)nc(NC=O)n1. The molecule has 1 aromatic heterocycles. The Morgan fingerprint density at radius 2 is 2.33 bits per heavy atom. The van der Waals surface area contributed by atoms with Gasteiger partial charge in [0.15, 0.2) is 0 Å². The Morgan fingerprint density at radius 1 is 1.58 bits per heavy atom. The molecule has 0 saturated carbocycles. The molecule has 0 unspecified atom stereocenters. The summed E-state index contributed by atoms with van der Waals surface area (Å²) in [6.45, 7) is 1.79. The van der Waals surface area contributed by atoms with Gasteiger partial charge in [0.2, 0.25) is 18.2 Å². The minimum atomic E-state index is 0.252. The maximum atomic E-state index is 10.1. The highest BCUT2D eigenvalue weighted by Crippen LogP contribution is 2.09. The molecule has 0 saturated heterocycles. The van der Waals surface area contributed by atoms with Crippen molar-refractivity contribution < 1.29 is 9.53 Å². The maximum Gasteiger partial charge on any atom is 0.232 e. The quantitative estimate of drug-likeness (QED) is 0.660. The summed E-state index contributed by atoms with van der Waals surface area (Å²) in [5, 5.41) is 2.34. The molecule has 64 valence electrons. The molecule has 1 rings (SSSR count). The predicted octanol–water partition coefficient (Wildman–Crippen LogP) is 0.362. The summed E-state index contributed by atoms with van der Waals surface area (Å²) >= 11 is 0. The summed E-state index contributed by atoms with van der Waals surface area (Å²) < 4.78 is 4.87. The van der Waals surface area contributed by atoms with Crippen LogP contribution in [0.3, 0.4) is 0 Å². The Balaban J connectivity index is 2.97. The van der Waals surface area contributed by atoms with Gasteiger partial charge < -0.3 is 4.74 Å². The fourth-order valence-corrected chi connectivity index (χ4v) is 0.761. The average Bonchev–Trinajstić information content (AvgIpc) is 2.04. The number of hydrogen-bond donors (Lipinski definition) is 1. The number of aryl methyl sites for hydroxylation is 1. The smallest absolute Gasteiger partial charge is 0.232 e. The summed E-state index contributed by atoms with van der Waals surface area (Å²) in [7, 11) is 1.51. The monoisotopic (exact) mass is 167 g/mol. The summed E-state index contributed by atoms with van der Waals surface area (Å²) in [5.41, 5.74) is 0.742. The number of anilines is 1. The number of carbonyl (C=O) groups excluding carboxylic acids is 1. The van der Waals surface area contributed by atoms with Crippen molar-refractivity contribution in [2.75, 3.05) is 12.4 Å². The van der Waals surface area contributed by atoms with E-state index in [1.54, 1.807) is 13.0 Å². The van der Waals surface area contributed by atoms with Crippen LogP contribution in [0.1, 0.15) is 5.69 Å². The second-order valence-corrected chi connectivity index (χ2v) is 2.14. The summed E-state index contributed by atoms with van der Waals surface area (Å²) in [6.07, 6.45) is 0.522. The number of aromatic nitrogens is 2. The molecule has 1 aromatic rings. The van der Waals surface area contributed by atoms with Crippen molar-refractivity contribution in [3.8, 4) is 5.88 Å². The molecule has 0 aromatic carbocycles. The first-order valence-electron chi connectivity index (χ1n) is 3.36. The van der Waals surface area contributed by atoms with E-state index in [4.69, 9.17) is 4.74 Å². The topological polar surface area (TPSA) is 64.1 Å². The van der Waals surface area contributed by atoms with E-state index in [2.05, 4.69) is 15.3 Å². The first-order valence-corrected chi connectivity index (χ1v) is 3.36. The molecule has 0 fully saturated rings. The summed E-state index contributed by atoms with van der Waals surface area (Å²) in [6, 6.07) is 1.68. The van der Waals surface area contributed by atoms with Gasteiger partial charge in [0.05, 0.1) is 7.11 Å². The molecule has 0 atom stereocenters. The number of ether oxygens (including phenoxy) is 1. The fraction of sp³-hybridized carbons (Fsp3) is 0.286. The lowest BCUT2D eigenvalue weighted by atomic mass is 10.4. The molecular formula is C7H9N3O2. The van der Waals surface area contributed by atoms with Crippen LogP contribution in [0.25, 0.3) is 0 Å². The Morgan fingerprint density at radius 3 is 2.92 bits per heavy atom. The van der Waals surface area contributed by atoms with E-state index in [-0.39, 0.29) is 5.95 Å². The summed E-state index contributed by atoms with van der Waals surface area (Å²) in [5.74, 6) is 0.689. The van der Waals surface area contributed by atoms with Crippen LogP contribution in [0.4, 0.5) is 5.95 Å². The zero-order valence-corrected chi connectivity index (χ0v) is 6.87. The van der Waals surface area contributed by atoms with E-state index in [1.807, 2.05) is 0 Å². The molecule has 0 aliphatic carbocycles. The maximum absolute atomic E-state index is 10.1. The van der Waals surface area contributed by atoms with Crippen LogP contribution >= 0.6 is 0 Å². The van der Waals surface area contributed by atoms with Gasteiger partial charge >= 0.3 is 0 Å². The normalized spacial score (nSPS) is 9.17. The number of hydrogen-bond acceptors (Lipinski definition) is 4. The highest BCUT2D eigenvalue weighted by atomic mass is 16.5. The van der Waals surface area contributed by atoms with Gasteiger partial charge in [0.25, 0.3) is 0 Å². The molecule has 0 bridgehead atoms. The van der Waals surface area contributed by atoms with Crippen LogP contribution in [0, 0.1) is 6.92 Å². The minimum absolute atomic E-state index is 0.252. The van der Waals surface area contributed by atoms with Crippen molar-refractivity contribution >= 4 is 12.4 Å². The van der Waals surface area contributed by atoms with E-state index in [1.165, 1.54) is 7.11 Å². The molecule has 1 N–H and O–H groups in total. The van der Waals surface area contributed by atoms with E-state index >= 15 is 0 Å². The molecule has 0 spiro atoms. The van der Waals surface area contributed by atoms with Crippen LogP contribution in [0.5, 0.6) is 5.88 Å². The van der Waals surface area contributed by atoms with Gasteiger partial charge in [-0.05, 0) is 6.92 Å². The first-order chi connectivity index (χ1) is 5.76. The van der Waals surface area contributed by atoms with E-state index in [0.717, 1.165) is 5.69 Å². The molecule has 1 heterocycles. The van der Waals surface area contributed by atoms with E-state index < -0.39 is 0 Å². The largest absolute Gasteiger partial charge is 0.481 e. The second-order valence-electron chi connectivity index (χ2n) is 2.14. The number of rotatable bonds is 3. The molecular weight excluding hydrogens is 158 g/mol. The predicted molar refractivity (Wildman–Crippen MR) is 43.0 cm³/mol. The molecule has 5 heteroatoms. The minimum Gasteiger partial charge on any atom is -0.481 e. The van der Waals surface area contributed by atoms with Crippen molar-refractivity contribution in [2.45, 2.75) is 6.92 Å². The van der Waals surface area contributed by atoms with E-state index in [0.29, 0.717) is 12.3 Å². The van der Waals surface area contributed by atoms with Gasteiger partial charge in [-0.1, -0.05) is 0 Å². The first kappa shape index (κ1) is 8.45. The summed E-state index contributed by atoms with van der Waals surface area (Å²) in [4.78, 5) is 17.9. The van der Waals surface area contributed by atoms with Gasteiger partial charge in [-0.3, -0.25) is 10.1 Å². The molecule has 0 aliphatic rings. The van der Waals surface area contributed by atoms with E-state index in [9.17, 15) is 4.79 Å². The van der Waals surface area contributed by atoms with Crippen LogP contribution < -0.4 is 10.1 Å².